The number of imidazole rings is 1. The predicted molar refractivity (Wildman–Crippen MR) is 86.0 cm³/mol. The minimum Gasteiger partial charge on any atom is -0.387 e. The van der Waals surface area contributed by atoms with Crippen LogP contribution >= 0.6 is 0 Å². The van der Waals surface area contributed by atoms with Crippen molar-refractivity contribution >= 4 is 11.2 Å². The van der Waals surface area contributed by atoms with Gasteiger partial charge in [0.1, 0.15) is 24.1 Å². The number of H-pyrrole nitrogens is 1. The second kappa shape index (κ2) is 4.88. The molecule has 5 rings (SSSR count). The fourth-order valence-electron chi connectivity index (χ4n) is 3.64. The van der Waals surface area contributed by atoms with E-state index in [1.54, 1.807) is 4.57 Å². The Morgan fingerprint density at radius 1 is 1.16 bits per heavy atom. The van der Waals surface area contributed by atoms with Gasteiger partial charge in [0.25, 0.3) is 5.56 Å². The third-order valence-corrected chi connectivity index (χ3v) is 4.81. The number of nitrogens with zero attached hydrogens (tertiary/aromatic N) is 3. The van der Waals surface area contributed by atoms with Gasteiger partial charge in [-0.3, -0.25) is 9.78 Å². The number of aliphatic hydroxyl groups is 2. The van der Waals surface area contributed by atoms with E-state index in [0.717, 1.165) is 10.1 Å². The van der Waals surface area contributed by atoms with Crippen molar-refractivity contribution in [2.75, 3.05) is 0 Å². The first kappa shape index (κ1) is 14.6. The lowest BCUT2D eigenvalue weighted by molar-refractivity contribution is -0.0352. The van der Waals surface area contributed by atoms with E-state index < -0.39 is 35.8 Å². The zero-order valence-corrected chi connectivity index (χ0v) is 12.9. The van der Waals surface area contributed by atoms with Crippen LogP contribution < -0.4 is 11.2 Å². The van der Waals surface area contributed by atoms with Crippen molar-refractivity contribution in [1.29, 1.82) is 0 Å². The third kappa shape index (κ3) is 1.85. The van der Waals surface area contributed by atoms with Gasteiger partial charge in [0, 0.05) is 5.56 Å². The van der Waals surface area contributed by atoms with Crippen molar-refractivity contribution in [2.24, 2.45) is 0 Å². The molecule has 2 bridgehead atoms. The Morgan fingerprint density at radius 3 is 2.68 bits per heavy atom. The van der Waals surface area contributed by atoms with E-state index >= 15 is 0 Å². The van der Waals surface area contributed by atoms with E-state index in [4.69, 9.17) is 4.74 Å². The summed E-state index contributed by atoms with van der Waals surface area (Å²) in [6.45, 7) is 0.165. The molecule has 0 spiro atoms. The molecule has 3 aromatic rings. The predicted octanol–water partition coefficient (Wildman–Crippen LogP) is -0.814. The number of fused-ring (bicyclic) bond motifs is 3. The Morgan fingerprint density at radius 2 is 1.92 bits per heavy atom. The first-order valence-electron chi connectivity index (χ1n) is 7.88. The highest BCUT2D eigenvalue weighted by Crippen LogP contribution is 2.36. The topological polar surface area (TPSA) is 122 Å². The summed E-state index contributed by atoms with van der Waals surface area (Å²) in [5, 5.41) is 20.5. The van der Waals surface area contributed by atoms with E-state index in [-0.39, 0.29) is 17.7 Å². The molecule has 2 aliphatic heterocycles. The molecule has 9 heteroatoms. The number of ether oxygens (including phenoxy) is 1. The molecule has 0 radical (unpaired) electrons. The average Bonchev–Trinajstić information content (AvgIpc) is 3.03. The van der Waals surface area contributed by atoms with Gasteiger partial charge >= 0.3 is 5.69 Å². The summed E-state index contributed by atoms with van der Waals surface area (Å²) in [7, 11) is 0. The Bertz CT molecular complexity index is 1100. The van der Waals surface area contributed by atoms with Crippen LogP contribution in [0.25, 0.3) is 22.6 Å². The summed E-state index contributed by atoms with van der Waals surface area (Å²) in [5.74, 6) is 0.498. The second-order valence-corrected chi connectivity index (χ2v) is 6.26. The number of hydrogen-bond acceptors (Lipinski definition) is 6. The first-order valence-corrected chi connectivity index (χ1v) is 7.88. The van der Waals surface area contributed by atoms with Gasteiger partial charge in [-0.05, 0) is 0 Å². The van der Waals surface area contributed by atoms with Crippen LogP contribution in [-0.2, 0) is 11.3 Å². The van der Waals surface area contributed by atoms with E-state index in [9.17, 15) is 19.8 Å². The van der Waals surface area contributed by atoms with Crippen LogP contribution in [0, 0.1) is 0 Å². The van der Waals surface area contributed by atoms with Gasteiger partial charge in [0.15, 0.2) is 17.4 Å². The van der Waals surface area contributed by atoms with Crippen LogP contribution in [0.2, 0.25) is 0 Å². The number of aromatic nitrogens is 4. The number of aliphatic hydroxyl groups excluding tert-OH is 2. The van der Waals surface area contributed by atoms with E-state index in [2.05, 4.69) is 9.97 Å². The number of hydrogen-bond donors (Lipinski definition) is 3. The van der Waals surface area contributed by atoms with E-state index in [1.807, 2.05) is 30.3 Å². The lowest BCUT2D eigenvalue weighted by Gasteiger charge is -2.20. The fourth-order valence-corrected chi connectivity index (χ4v) is 3.64. The smallest absolute Gasteiger partial charge is 0.332 e. The van der Waals surface area contributed by atoms with Gasteiger partial charge in [-0.15, -0.1) is 0 Å². The quantitative estimate of drug-likeness (QED) is 0.531. The highest BCUT2D eigenvalue weighted by molar-refractivity contribution is 5.77. The lowest BCUT2D eigenvalue weighted by Crippen LogP contribution is -2.40. The molecule has 1 aromatic carbocycles. The molecule has 3 N–H and O–H groups in total. The summed E-state index contributed by atoms with van der Waals surface area (Å²) >= 11 is 0. The first-order chi connectivity index (χ1) is 12.1. The Labute approximate surface area is 139 Å². The van der Waals surface area contributed by atoms with Gasteiger partial charge < -0.3 is 19.5 Å². The van der Waals surface area contributed by atoms with Crippen molar-refractivity contribution in [2.45, 2.75) is 31.1 Å². The summed E-state index contributed by atoms with van der Waals surface area (Å²) in [4.78, 5) is 31.3. The molecule has 2 aromatic heterocycles. The molecule has 0 aliphatic carbocycles. The Balaban J connectivity index is 1.91. The Hall–Kier alpha value is -2.75. The highest BCUT2D eigenvalue weighted by Gasteiger charge is 2.47. The third-order valence-electron chi connectivity index (χ3n) is 4.81. The summed E-state index contributed by atoms with van der Waals surface area (Å²) in [6, 6.07) is 9.24. The maximum Gasteiger partial charge on any atom is 0.332 e. The minimum absolute atomic E-state index is 0.0938. The van der Waals surface area contributed by atoms with Crippen LogP contribution in [-0.4, -0.2) is 47.6 Å². The second-order valence-electron chi connectivity index (χ2n) is 6.26. The molecule has 0 saturated carbocycles. The van der Waals surface area contributed by atoms with Crippen LogP contribution in [0.15, 0.2) is 39.9 Å². The van der Waals surface area contributed by atoms with E-state index in [1.165, 1.54) is 0 Å². The van der Waals surface area contributed by atoms with Gasteiger partial charge in [0.2, 0.25) is 0 Å². The standard InChI is InChI=1S/C16H14N4O5/c21-10-8-6-19-12(7-4-2-1-3-5-7)17-9-13(23)18-16(24)20(14(9)19)15(25-8)11(10)22/h1-5,8,10-11,15,21-22H,6H2,(H,18,23,24)/t8-,10-,11-,15-/m1/s1. The molecular weight excluding hydrogens is 328 g/mol. The molecule has 1 saturated heterocycles. The van der Waals surface area contributed by atoms with Gasteiger partial charge in [-0.1, -0.05) is 30.3 Å². The van der Waals surface area contributed by atoms with Crippen molar-refractivity contribution in [3.8, 4) is 11.4 Å². The molecule has 9 nitrogen and oxygen atoms in total. The monoisotopic (exact) mass is 342 g/mol. The number of aromatic amines is 1. The van der Waals surface area contributed by atoms with Gasteiger partial charge in [-0.2, -0.15) is 0 Å². The van der Waals surface area contributed by atoms with Crippen LogP contribution in [0.5, 0.6) is 0 Å². The molecule has 4 heterocycles. The number of benzene rings is 1. The molecule has 1 fully saturated rings. The largest absolute Gasteiger partial charge is 0.387 e. The zero-order valence-electron chi connectivity index (χ0n) is 12.9. The van der Waals surface area contributed by atoms with Crippen molar-refractivity contribution in [3.05, 3.63) is 51.2 Å². The Kier molecular flexibility index (Phi) is 2.85. The fraction of sp³-hybridized carbons (Fsp3) is 0.312. The maximum absolute atomic E-state index is 12.4. The SMILES string of the molecule is O=c1[nH]c(=O)n2c3c1nc(-c1ccccc1)n3C[C@H]1O[C@@H]2[C@H](O)[C@@H]1O. The van der Waals surface area contributed by atoms with Gasteiger partial charge in [0.05, 0.1) is 6.54 Å². The average molecular weight is 342 g/mol. The molecule has 25 heavy (non-hydrogen) atoms. The number of nitrogens with one attached hydrogen (secondary N) is 1. The molecule has 0 amide bonds. The summed E-state index contributed by atoms with van der Waals surface area (Å²) in [5.41, 5.74) is -0.163. The molecule has 4 atom stereocenters. The molecular formula is C16H14N4O5. The van der Waals surface area contributed by atoms with Gasteiger partial charge in [-0.25, -0.2) is 14.3 Å². The number of rotatable bonds is 1. The van der Waals surface area contributed by atoms with E-state index in [0.29, 0.717) is 5.82 Å². The lowest BCUT2D eigenvalue weighted by atomic mass is 10.1. The summed E-state index contributed by atoms with van der Waals surface area (Å²) in [6.07, 6.45) is -4.19. The van der Waals surface area contributed by atoms with Crippen molar-refractivity contribution < 1.29 is 14.9 Å². The van der Waals surface area contributed by atoms with Crippen LogP contribution in [0.4, 0.5) is 0 Å². The molecule has 128 valence electrons. The molecule has 2 aliphatic rings. The summed E-state index contributed by atoms with van der Waals surface area (Å²) < 4.78 is 8.54. The van der Waals surface area contributed by atoms with Crippen LogP contribution in [0.3, 0.4) is 0 Å². The van der Waals surface area contributed by atoms with Crippen LogP contribution in [0.1, 0.15) is 6.23 Å². The van der Waals surface area contributed by atoms with Crippen molar-refractivity contribution in [3.63, 3.8) is 0 Å². The normalized spacial score (nSPS) is 27.6. The maximum atomic E-state index is 12.4. The highest BCUT2D eigenvalue weighted by atomic mass is 16.6. The van der Waals surface area contributed by atoms with Crippen molar-refractivity contribution in [1.82, 2.24) is 19.1 Å². The molecule has 0 unspecified atom stereocenters. The zero-order chi connectivity index (χ0) is 17.3. The minimum atomic E-state index is -1.26.